The second-order valence-electron chi connectivity index (χ2n) is 6.88. The summed E-state index contributed by atoms with van der Waals surface area (Å²) < 4.78 is 12.8. The molecule has 6 nitrogen and oxygen atoms in total. The summed E-state index contributed by atoms with van der Waals surface area (Å²) in [7, 11) is 3.21. The highest BCUT2D eigenvalue weighted by Gasteiger charge is 2.32. The number of methoxy groups -OCH3 is 2. The molecule has 1 unspecified atom stereocenters. The number of amides is 1. The van der Waals surface area contributed by atoms with Crippen molar-refractivity contribution in [3.05, 3.63) is 78.1 Å². The van der Waals surface area contributed by atoms with Gasteiger partial charge < -0.3 is 14.0 Å². The maximum atomic E-state index is 12.3. The largest absolute Gasteiger partial charge is 0.493 e. The van der Waals surface area contributed by atoms with Crippen LogP contribution in [0.2, 0.25) is 0 Å². The zero-order valence-corrected chi connectivity index (χ0v) is 16.7. The number of ether oxygens (including phenoxy) is 2. The normalized spacial score (nSPS) is 15.9. The van der Waals surface area contributed by atoms with E-state index in [1.807, 2.05) is 54.9 Å². The van der Waals surface area contributed by atoms with Gasteiger partial charge in [0.1, 0.15) is 0 Å². The van der Waals surface area contributed by atoms with Crippen LogP contribution in [0.5, 0.6) is 11.5 Å². The maximum absolute atomic E-state index is 12.3. The molecule has 4 rings (SSSR count). The molecule has 0 spiro atoms. The van der Waals surface area contributed by atoms with Gasteiger partial charge in [-0.05, 0) is 47.5 Å². The average Bonchev–Trinajstić information content (AvgIpc) is 3.43. The smallest absolute Gasteiger partial charge is 0.240 e. The number of hydrogen-bond acceptors (Lipinski definition) is 4. The number of nitrogens with zero attached hydrogens (tertiary/aromatic N) is 3. The molecule has 29 heavy (non-hydrogen) atoms. The molecule has 3 aromatic rings. The fourth-order valence-corrected chi connectivity index (χ4v) is 3.63. The van der Waals surface area contributed by atoms with E-state index >= 15 is 0 Å². The molecular formula is C23H23N3O3. The third kappa shape index (κ3) is 3.61. The lowest BCUT2D eigenvalue weighted by atomic mass is 9.98. The van der Waals surface area contributed by atoms with Gasteiger partial charge in [0.25, 0.3) is 0 Å². The number of rotatable bonds is 5. The first-order chi connectivity index (χ1) is 14.1. The van der Waals surface area contributed by atoms with E-state index in [0.29, 0.717) is 17.9 Å². The molecule has 0 saturated carbocycles. The van der Waals surface area contributed by atoms with Gasteiger partial charge in [-0.2, -0.15) is 5.10 Å². The van der Waals surface area contributed by atoms with Crippen LogP contribution in [0.4, 0.5) is 0 Å². The predicted octanol–water partition coefficient (Wildman–Crippen LogP) is 4.19. The number of hydrazone groups is 1. The second-order valence-corrected chi connectivity index (χ2v) is 6.88. The van der Waals surface area contributed by atoms with Crippen LogP contribution >= 0.6 is 0 Å². The van der Waals surface area contributed by atoms with E-state index in [1.54, 1.807) is 19.2 Å². The lowest BCUT2D eigenvalue weighted by Crippen LogP contribution is -2.24. The topological polar surface area (TPSA) is 56.1 Å². The molecule has 148 valence electrons. The predicted molar refractivity (Wildman–Crippen MR) is 112 cm³/mol. The van der Waals surface area contributed by atoms with Crippen LogP contribution in [-0.2, 0) is 4.79 Å². The number of hydrogen-bond donors (Lipinski definition) is 0. The van der Waals surface area contributed by atoms with Crippen molar-refractivity contribution in [2.24, 2.45) is 5.10 Å². The van der Waals surface area contributed by atoms with E-state index in [9.17, 15) is 4.79 Å². The van der Waals surface area contributed by atoms with Gasteiger partial charge in [0, 0.05) is 31.4 Å². The SMILES string of the molecule is COc1ccc(C2CC(c3ccc(-n4cccc4)cc3)=NN2C(C)=O)cc1OC. The Morgan fingerprint density at radius 2 is 1.69 bits per heavy atom. The molecule has 2 aromatic carbocycles. The summed E-state index contributed by atoms with van der Waals surface area (Å²) in [6.45, 7) is 1.54. The monoisotopic (exact) mass is 389 g/mol. The van der Waals surface area contributed by atoms with Crippen LogP contribution in [0.25, 0.3) is 5.69 Å². The minimum absolute atomic E-state index is 0.0938. The first-order valence-electron chi connectivity index (χ1n) is 9.43. The van der Waals surface area contributed by atoms with Crippen LogP contribution in [0.1, 0.15) is 30.5 Å². The van der Waals surface area contributed by atoms with Crippen molar-refractivity contribution in [1.82, 2.24) is 9.58 Å². The highest BCUT2D eigenvalue weighted by Crippen LogP contribution is 2.37. The van der Waals surface area contributed by atoms with E-state index in [2.05, 4.69) is 21.8 Å². The summed E-state index contributed by atoms with van der Waals surface area (Å²) in [4.78, 5) is 12.3. The highest BCUT2D eigenvalue weighted by molar-refractivity contribution is 6.03. The minimum Gasteiger partial charge on any atom is -0.493 e. The van der Waals surface area contributed by atoms with E-state index in [0.717, 1.165) is 22.5 Å². The highest BCUT2D eigenvalue weighted by atomic mass is 16.5. The number of carbonyl (C=O) groups is 1. The van der Waals surface area contributed by atoms with Crippen LogP contribution in [0.15, 0.2) is 72.1 Å². The van der Waals surface area contributed by atoms with Crippen molar-refractivity contribution >= 4 is 11.6 Å². The van der Waals surface area contributed by atoms with Gasteiger partial charge in [-0.1, -0.05) is 18.2 Å². The first-order valence-corrected chi connectivity index (χ1v) is 9.43. The molecule has 1 aliphatic heterocycles. The first kappa shape index (κ1) is 18.8. The molecule has 0 N–H and O–H groups in total. The molecule has 1 aliphatic rings. The van der Waals surface area contributed by atoms with Gasteiger partial charge in [0.2, 0.25) is 5.91 Å². The van der Waals surface area contributed by atoms with Crippen molar-refractivity contribution in [2.45, 2.75) is 19.4 Å². The molecule has 0 radical (unpaired) electrons. The maximum Gasteiger partial charge on any atom is 0.240 e. The quantitative estimate of drug-likeness (QED) is 0.657. The van der Waals surface area contributed by atoms with Crippen LogP contribution < -0.4 is 9.47 Å². The van der Waals surface area contributed by atoms with Crippen molar-refractivity contribution < 1.29 is 14.3 Å². The zero-order chi connectivity index (χ0) is 20.4. The van der Waals surface area contributed by atoms with Gasteiger partial charge in [-0.25, -0.2) is 5.01 Å². The fraction of sp³-hybridized carbons (Fsp3) is 0.217. The van der Waals surface area contributed by atoms with Crippen molar-refractivity contribution in [3.63, 3.8) is 0 Å². The molecule has 6 heteroatoms. The Labute approximate surface area is 170 Å². The standard InChI is InChI=1S/C23H23N3O3/c1-16(27)26-21(18-8-11-22(28-2)23(14-18)29-3)15-20(24-26)17-6-9-19(10-7-17)25-12-4-5-13-25/h4-14,21H,15H2,1-3H3. The van der Waals surface area contributed by atoms with Crippen molar-refractivity contribution in [1.29, 1.82) is 0 Å². The van der Waals surface area contributed by atoms with E-state index in [-0.39, 0.29) is 11.9 Å². The van der Waals surface area contributed by atoms with Crippen molar-refractivity contribution in [2.75, 3.05) is 14.2 Å². The minimum atomic E-state index is -0.175. The fourth-order valence-electron chi connectivity index (χ4n) is 3.63. The molecule has 0 fully saturated rings. The van der Waals surface area contributed by atoms with Gasteiger partial charge in [0.05, 0.1) is 26.0 Å². The third-order valence-corrected chi connectivity index (χ3v) is 5.13. The lowest BCUT2D eigenvalue weighted by molar-refractivity contribution is -0.130. The zero-order valence-electron chi connectivity index (χ0n) is 16.7. The summed E-state index contributed by atoms with van der Waals surface area (Å²) in [5.74, 6) is 1.20. The summed E-state index contributed by atoms with van der Waals surface area (Å²) >= 11 is 0. The second kappa shape index (κ2) is 7.83. The van der Waals surface area contributed by atoms with E-state index in [1.165, 1.54) is 6.92 Å². The summed E-state index contributed by atoms with van der Waals surface area (Å²) in [5.41, 5.74) is 3.94. The number of carbonyl (C=O) groups excluding carboxylic acids is 1. The molecule has 0 saturated heterocycles. The molecule has 2 heterocycles. The summed E-state index contributed by atoms with van der Waals surface area (Å²) in [6, 6.07) is 17.7. The number of benzene rings is 2. The molecule has 0 bridgehead atoms. The molecule has 1 amide bonds. The van der Waals surface area contributed by atoms with Crippen LogP contribution in [0.3, 0.4) is 0 Å². The summed E-state index contributed by atoms with van der Waals surface area (Å²) in [5, 5.41) is 6.18. The van der Waals surface area contributed by atoms with Crippen LogP contribution in [-0.4, -0.2) is 35.4 Å². The molecule has 1 atom stereocenters. The number of aromatic nitrogens is 1. The molecular weight excluding hydrogens is 366 g/mol. The van der Waals surface area contributed by atoms with Crippen LogP contribution in [0, 0.1) is 0 Å². The van der Waals surface area contributed by atoms with Gasteiger partial charge in [0.15, 0.2) is 11.5 Å². The average molecular weight is 389 g/mol. The van der Waals surface area contributed by atoms with Gasteiger partial charge >= 0.3 is 0 Å². The Bertz CT molecular complexity index is 1040. The van der Waals surface area contributed by atoms with Gasteiger partial charge in [-0.15, -0.1) is 0 Å². The lowest BCUT2D eigenvalue weighted by Gasteiger charge is -2.21. The molecule has 0 aliphatic carbocycles. The van der Waals surface area contributed by atoms with Gasteiger partial charge in [-0.3, -0.25) is 4.79 Å². The Morgan fingerprint density at radius 1 is 1.00 bits per heavy atom. The Morgan fingerprint density at radius 3 is 2.31 bits per heavy atom. The van der Waals surface area contributed by atoms with E-state index < -0.39 is 0 Å². The Kier molecular flexibility index (Phi) is 5.08. The Hall–Kier alpha value is -3.54. The Balaban J connectivity index is 1.62. The van der Waals surface area contributed by atoms with E-state index in [4.69, 9.17) is 9.47 Å². The third-order valence-electron chi connectivity index (χ3n) is 5.13. The molecule has 1 aromatic heterocycles. The summed E-state index contributed by atoms with van der Waals surface area (Å²) in [6.07, 6.45) is 4.65. The van der Waals surface area contributed by atoms with Crippen molar-refractivity contribution in [3.8, 4) is 17.2 Å².